The van der Waals surface area contributed by atoms with Gasteiger partial charge in [-0.05, 0) is 44.2 Å². The maximum absolute atomic E-state index is 12.6. The molecule has 166 valence electrons. The molecule has 7 nitrogen and oxygen atoms in total. The van der Waals surface area contributed by atoms with Crippen molar-refractivity contribution < 1.29 is 45.6 Å². The zero-order chi connectivity index (χ0) is 24.0. The van der Waals surface area contributed by atoms with Gasteiger partial charge in [0.25, 0.3) is 0 Å². The Bertz CT molecular complexity index is 917. The molecule has 1 saturated heterocycles. The van der Waals surface area contributed by atoms with Crippen LogP contribution >= 0.6 is 0 Å². The topological polar surface area (TPSA) is 98.5 Å². The number of rotatable bonds is 5. The molecule has 0 aliphatic carbocycles. The van der Waals surface area contributed by atoms with Crippen molar-refractivity contribution in [3.05, 3.63) is 80.1 Å². The van der Waals surface area contributed by atoms with Crippen LogP contribution in [0, 0.1) is 25.4 Å². The molecule has 1 heterocycles. The van der Waals surface area contributed by atoms with Crippen LogP contribution in [0.3, 0.4) is 0 Å². The average Bonchev–Trinajstić information content (AvgIpc) is 2.85. The van der Waals surface area contributed by atoms with E-state index in [0.29, 0.717) is 0 Å². The molecule has 2 aromatic carbocycles. The molecule has 0 radical (unpaired) electrons. The third kappa shape index (κ3) is 7.02. The van der Waals surface area contributed by atoms with Crippen LogP contribution in [0.2, 0.25) is 0 Å². The molecule has 0 bridgehead atoms. The molecule has 1 fully saturated rings. The molecule has 8 heteroatoms. The predicted molar refractivity (Wildman–Crippen MR) is 112 cm³/mol. The maximum Gasteiger partial charge on any atom is 0 e. The van der Waals surface area contributed by atoms with Gasteiger partial charge in [0.1, 0.15) is 11.5 Å². The summed E-state index contributed by atoms with van der Waals surface area (Å²) in [7, 11) is 3.29. The zero-order valence-corrected chi connectivity index (χ0v) is 19.4. The molecule has 1 aliphatic rings. The quantitative estimate of drug-likeness (QED) is 0.372. The van der Waals surface area contributed by atoms with E-state index < -0.39 is 5.41 Å². The van der Waals surface area contributed by atoms with Crippen molar-refractivity contribution in [1.82, 2.24) is 0 Å². The summed E-state index contributed by atoms with van der Waals surface area (Å²) in [5, 5.41) is 0. The Morgan fingerprint density at radius 2 is 1.44 bits per heavy atom. The zero-order valence-electron chi connectivity index (χ0n) is 18.2. The number of para-hydroxylation sites is 1. The van der Waals surface area contributed by atoms with E-state index in [2.05, 4.69) is 26.0 Å². The van der Waals surface area contributed by atoms with Gasteiger partial charge in [-0.15, -0.1) is 0 Å². The molecule has 1 aliphatic heterocycles. The van der Waals surface area contributed by atoms with Gasteiger partial charge in [-0.2, -0.15) is 0 Å². The fourth-order valence-corrected chi connectivity index (χ4v) is 3.17. The van der Waals surface area contributed by atoms with Crippen LogP contribution in [0.4, 0.5) is 5.69 Å². The van der Waals surface area contributed by atoms with Gasteiger partial charge in [-0.3, -0.25) is 4.79 Å². The Balaban J connectivity index is 0. The minimum atomic E-state index is -0.432. The number of ether oxygens (including phenoxy) is 2. The SMILES string of the molecule is COc1ccc(N2C(=O)C(C)(C)C2/C=C/c2ccccc2OC)cc1.[C-]#[O+].[C-]#[O+].[C-]#[O+].[Cr]. The van der Waals surface area contributed by atoms with Gasteiger partial charge in [-0.25, -0.2) is 0 Å². The minimum Gasteiger partial charge on any atom is 0 e. The molecular formula is C24H23CrNO6. The normalized spacial score (nSPS) is 15.0. The number of anilines is 1. The Hall–Kier alpha value is -3.00. The first-order valence-electron chi connectivity index (χ1n) is 8.89. The van der Waals surface area contributed by atoms with Crippen LogP contribution in [0.1, 0.15) is 19.4 Å². The van der Waals surface area contributed by atoms with Crippen LogP contribution in [-0.4, -0.2) is 26.2 Å². The first kappa shape index (κ1) is 31.2. The van der Waals surface area contributed by atoms with Crippen molar-refractivity contribution in [1.29, 1.82) is 0 Å². The summed E-state index contributed by atoms with van der Waals surface area (Å²) in [5.41, 5.74) is 1.44. The smallest absolute Gasteiger partial charge is 0 e. The van der Waals surface area contributed by atoms with E-state index in [0.717, 1.165) is 22.7 Å². The van der Waals surface area contributed by atoms with Crippen LogP contribution in [0.15, 0.2) is 54.6 Å². The van der Waals surface area contributed by atoms with Gasteiger partial charge >= 0.3 is 33.9 Å². The van der Waals surface area contributed by atoms with Crippen LogP contribution in [-0.2, 0) is 36.1 Å². The summed E-state index contributed by atoms with van der Waals surface area (Å²) in [4.78, 5) is 14.4. The molecule has 0 saturated carbocycles. The van der Waals surface area contributed by atoms with Crippen molar-refractivity contribution in [3.8, 4) is 11.5 Å². The molecule has 32 heavy (non-hydrogen) atoms. The third-order valence-corrected chi connectivity index (χ3v) is 4.74. The van der Waals surface area contributed by atoms with E-state index in [-0.39, 0.29) is 29.3 Å². The van der Waals surface area contributed by atoms with Crippen molar-refractivity contribution >= 4 is 17.7 Å². The number of carbonyl (C=O) groups is 1. The van der Waals surface area contributed by atoms with Crippen LogP contribution in [0.5, 0.6) is 11.5 Å². The van der Waals surface area contributed by atoms with Crippen LogP contribution < -0.4 is 14.4 Å². The Morgan fingerprint density at radius 1 is 0.906 bits per heavy atom. The predicted octanol–water partition coefficient (Wildman–Crippen LogP) is 4.04. The molecule has 2 aromatic rings. The monoisotopic (exact) mass is 473 g/mol. The Morgan fingerprint density at radius 3 is 1.94 bits per heavy atom. The van der Waals surface area contributed by atoms with E-state index in [1.54, 1.807) is 14.2 Å². The van der Waals surface area contributed by atoms with E-state index in [9.17, 15) is 4.79 Å². The molecule has 1 atom stereocenters. The van der Waals surface area contributed by atoms with E-state index >= 15 is 0 Å². The first-order chi connectivity index (χ1) is 15.0. The second kappa shape index (κ2) is 15.8. The molecule has 0 spiro atoms. The van der Waals surface area contributed by atoms with E-state index in [4.69, 9.17) is 23.4 Å². The first-order valence-corrected chi connectivity index (χ1v) is 8.89. The molecule has 3 rings (SSSR count). The van der Waals surface area contributed by atoms with Gasteiger partial charge in [-0.1, -0.05) is 30.4 Å². The summed E-state index contributed by atoms with van der Waals surface area (Å²) in [6, 6.07) is 15.4. The van der Waals surface area contributed by atoms with Gasteiger partial charge in [0.2, 0.25) is 5.91 Å². The van der Waals surface area contributed by atoms with Crippen molar-refractivity contribution in [2.24, 2.45) is 5.41 Å². The number of hydrogen-bond acceptors (Lipinski definition) is 3. The summed E-state index contributed by atoms with van der Waals surface area (Å²) in [6.45, 7) is 17.5. The number of carbonyl (C=O) groups excluding carboxylic acids is 1. The molecule has 0 aromatic heterocycles. The van der Waals surface area contributed by atoms with E-state index in [1.165, 1.54) is 0 Å². The summed E-state index contributed by atoms with van der Waals surface area (Å²) in [5.74, 6) is 1.71. The molecule has 1 amide bonds. The summed E-state index contributed by atoms with van der Waals surface area (Å²) in [6.07, 6.45) is 4.09. The number of benzene rings is 2. The summed E-state index contributed by atoms with van der Waals surface area (Å²) >= 11 is 0. The third-order valence-electron chi connectivity index (χ3n) is 4.74. The fourth-order valence-electron chi connectivity index (χ4n) is 3.17. The second-order valence-electron chi connectivity index (χ2n) is 6.64. The Kier molecular flexibility index (Phi) is 15.4. The minimum absolute atomic E-state index is 0. The van der Waals surface area contributed by atoms with Gasteiger partial charge in [0, 0.05) is 28.6 Å². The average molecular weight is 473 g/mol. The van der Waals surface area contributed by atoms with Crippen molar-refractivity contribution in [2.45, 2.75) is 19.9 Å². The number of amides is 1. The standard InChI is InChI=1S/C21H23NO3.3CO.Cr/c1-21(2)19(14-9-15-7-5-6-8-18(15)25-4)22(20(21)23)16-10-12-17(24-3)13-11-16;3*1-2;/h5-14,19H,1-4H3;;;;/b14-9+;;;;. The second-order valence-corrected chi connectivity index (χ2v) is 6.64. The van der Waals surface area contributed by atoms with Gasteiger partial charge < -0.3 is 14.4 Å². The molecule has 1 unspecified atom stereocenters. The summed E-state index contributed by atoms with van der Waals surface area (Å²) < 4.78 is 33.1. The van der Waals surface area contributed by atoms with Gasteiger partial charge in [0.15, 0.2) is 0 Å². The fraction of sp³-hybridized carbons (Fsp3) is 0.250. The maximum atomic E-state index is 12.6. The number of β-lactam (4-membered cyclic amide) rings is 1. The number of methoxy groups -OCH3 is 2. The Labute approximate surface area is 199 Å². The van der Waals surface area contributed by atoms with Gasteiger partial charge in [0.05, 0.1) is 25.7 Å². The van der Waals surface area contributed by atoms with Crippen molar-refractivity contribution in [3.63, 3.8) is 0 Å². The largest absolute Gasteiger partial charge is 0 e. The van der Waals surface area contributed by atoms with E-state index in [1.807, 2.05) is 73.4 Å². The number of hydrogen-bond donors (Lipinski definition) is 0. The number of nitrogens with zero attached hydrogens (tertiary/aromatic N) is 1. The van der Waals surface area contributed by atoms with Crippen molar-refractivity contribution in [2.75, 3.05) is 19.1 Å². The molecule has 0 N–H and O–H groups in total. The molecular weight excluding hydrogens is 450 g/mol. The van der Waals surface area contributed by atoms with Crippen LogP contribution in [0.25, 0.3) is 6.08 Å².